The van der Waals surface area contributed by atoms with Gasteiger partial charge in [0.15, 0.2) is 5.69 Å². The van der Waals surface area contributed by atoms with Crippen molar-refractivity contribution in [3.63, 3.8) is 0 Å². The van der Waals surface area contributed by atoms with Crippen LogP contribution in [0.25, 0.3) is 16.9 Å². The van der Waals surface area contributed by atoms with Crippen LogP contribution in [0.1, 0.15) is 21.6 Å². The molecule has 1 aromatic heterocycles. The Morgan fingerprint density at radius 1 is 1.08 bits per heavy atom. The van der Waals surface area contributed by atoms with E-state index in [2.05, 4.69) is 5.10 Å². The van der Waals surface area contributed by atoms with Gasteiger partial charge < -0.3 is 5.11 Å². The average Bonchev–Trinajstić information content (AvgIpc) is 2.86. The van der Waals surface area contributed by atoms with Gasteiger partial charge in [0.05, 0.1) is 16.4 Å². The van der Waals surface area contributed by atoms with E-state index in [1.807, 2.05) is 37.3 Å². The highest BCUT2D eigenvalue weighted by molar-refractivity contribution is 6.32. The van der Waals surface area contributed by atoms with Crippen LogP contribution in [0.15, 0.2) is 42.5 Å². The molecular formula is C18H14Cl2N2O2. The van der Waals surface area contributed by atoms with Gasteiger partial charge in [-0.2, -0.15) is 5.10 Å². The maximum atomic E-state index is 11.5. The number of carbonyl (C=O) groups is 1. The molecule has 0 radical (unpaired) electrons. The molecule has 0 spiro atoms. The number of aromatic nitrogens is 2. The fourth-order valence-electron chi connectivity index (χ4n) is 2.60. The molecule has 0 saturated carbocycles. The van der Waals surface area contributed by atoms with Crippen molar-refractivity contribution in [3.05, 3.63) is 69.3 Å². The Kier molecular flexibility index (Phi) is 4.35. The number of aromatic carboxylic acids is 1. The van der Waals surface area contributed by atoms with Gasteiger partial charge in [-0.3, -0.25) is 0 Å². The van der Waals surface area contributed by atoms with Crippen molar-refractivity contribution in [2.24, 2.45) is 0 Å². The molecule has 2 aromatic carbocycles. The van der Waals surface area contributed by atoms with Crippen LogP contribution in [0.2, 0.25) is 10.0 Å². The second-order valence-corrected chi connectivity index (χ2v) is 6.34. The fraction of sp³-hybridized carbons (Fsp3) is 0.111. The topological polar surface area (TPSA) is 55.1 Å². The van der Waals surface area contributed by atoms with Crippen molar-refractivity contribution in [1.82, 2.24) is 9.78 Å². The van der Waals surface area contributed by atoms with E-state index in [0.717, 1.165) is 11.1 Å². The van der Waals surface area contributed by atoms with E-state index in [-0.39, 0.29) is 5.69 Å². The van der Waals surface area contributed by atoms with Crippen molar-refractivity contribution in [2.45, 2.75) is 13.8 Å². The summed E-state index contributed by atoms with van der Waals surface area (Å²) in [4.78, 5) is 11.5. The Balaban J connectivity index is 2.30. The molecule has 0 atom stereocenters. The van der Waals surface area contributed by atoms with E-state index in [4.69, 9.17) is 23.2 Å². The van der Waals surface area contributed by atoms with Crippen LogP contribution in [0.5, 0.6) is 0 Å². The van der Waals surface area contributed by atoms with E-state index in [1.54, 1.807) is 23.7 Å². The van der Waals surface area contributed by atoms with Crippen molar-refractivity contribution < 1.29 is 9.90 Å². The summed E-state index contributed by atoms with van der Waals surface area (Å²) in [6.07, 6.45) is 0. The summed E-state index contributed by atoms with van der Waals surface area (Å²) in [6.45, 7) is 3.67. The summed E-state index contributed by atoms with van der Waals surface area (Å²) in [5, 5.41) is 14.8. The van der Waals surface area contributed by atoms with Gasteiger partial charge in [0.1, 0.15) is 0 Å². The molecule has 1 heterocycles. The van der Waals surface area contributed by atoms with E-state index in [0.29, 0.717) is 27.0 Å². The van der Waals surface area contributed by atoms with Crippen LogP contribution in [-0.4, -0.2) is 20.9 Å². The summed E-state index contributed by atoms with van der Waals surface area (Å²) >= 11 is 12.3. The standard InChI is InChI=1S/C18H14Cl2N2O2/c1-10-3-8-15(14(20)9-10)22-17(11(2)16(21-22)18(23)24)12-4-6-13(19)7-5-12/h3-9H,1-2H3,(H,23,24). The van der Waals surface area contributed by atoms with Gasteiger partial charge in [0.25, 0.3) is 0 Å². The summed E-state index contributed by atoms with van der Waals surface area (Å²) < 4.78 is 1.57. The largest absolute Gasteiger partial charge is 0.476 e. The molecule has 24 heavy (non-hydrogen) atoms. The van der Waals surface area contributed by atoms with Gasteiger partial charge in [-0.15, -0.1) is 0 Å². The highest BCUT2D eigenvalue weighted by atomic mass is 35.5. The smallest absolute Gasteiger partial charge is 0.356 e. The monoisotopic (exact) mass is 360 g/mol. The van der Waals surface area contributed by atoms with Crippen molar-refractivity contribution in [2.75, 3.05) is 0 Å². The first-order valence-corrected chi connectivity index (χ1v) is 7.99. The maximum absolute atomic E-state index is 11.5. The van der Waals surface area contributed by atoms with E-state index in [9.17, 15) is 9.90 Å². The van der Waals surface area contributed by atoms with E-state index < -0.39 is 5.97 Å². The highest BCUT2D eigenvalue weighted by Gasteiger charge is 2.22. The Labute approximate surface area is 149 Å². The van der Waals surface area contributed by atoms with E-state index >= 15 is 0 Å². The van der Waals surface area contributed by atoms with Gasteiger partial charge in [-0.1, -0.05) is 41.4 Å². The molecule has 6 heteroatoms. The third-order valence-electron chi connectivity index (χ3n) is 3.77. The van der Waals surface area contributed by atoms with Crippen LogP contribution in [0.4, 0.5) is 0 Å². The zero-order chi connectivity index (χ0) is 17.4. The predicted octanol–water partition coefficient (Wildman–Crippen LogP) is 5.16. The van der Waals surface area contributed by atoms with Gasteiger partial charge in [-0.25, -0.2) is 9.48 Å². The molecule has 0 amide bonds. The number of benzene rings is 2. The quantitative estimate of drug-likeness (QED) is 0.701. The molecule has 0 fully saturated rings. The van der Waals surface area contributed by atoms with Gasteiger partial charge in [0, 0.05) is 16.1 Å². The number of aryl methyl sites for hydroxylation is 1. The zero-order valence-electron chi connectivity index (χ0n) is 13.0. The van der Waals surface area contributed by atoms with Crippen molar-refractivity contribution in [3.8, 4) is 16.9 Å². The number of nitrogens with zero attached hydrogens (tertiary/aromatic N) is 2. The molecule has 0 aliphatic heterocycles. The Hall–Kier alpha value is -2.30. The van der Waals surface area contributed by atoms with Crippen molar-refractivity contribution in [1.29, 1.82) is 0 Å². The Morgan fingerprint density at radius 3 is 2.33 bits per heavy atom. The second-order valence-electron chi connectivity index (χ2n) is 5.50. The lowest BCUT2D eigenvalue weighted by Gasteiger charge is -2.11. The van der Waals surface area contributed by atoms with Crippen LogP contribution < -0.4 is 0 Å². The number of hydrogen-bond acceptors (Lipinski definition) is 2. The predicted molar refractivity (Wildman–Crippen MR) is 95.5 cm³/mol. The molecule has 4 nitrogen and oxygen atoms in total. The van der Waals surface area contributed by atoms with Crippen LogP contribution in [0.3, 0.4) is 0 Å². The number of hydrogen-bond donors (Lipinski definition) is 1. The number of halogens is 2. The molecule has 1 N–H and O–H groups in total. The number of carboxylic acids is 1. The third-order valence-corrected chi connectivity index (χ3v) is 4.33. The minimum absolute atomic E-state index is 0.00316. The van der Waals surface area contributed by atoms with Gasteiger partial charge in [-0.05, 0) is 43.7 Å². The molecule has 0 aliphatic carbocycles. The molecule has 0 aliphatic rings. The molecule has 0 saturated heterocycles. The van der Waals surface area contributed by atoms with Crippen LogP contribution >= 0.6 is 23.2 Å². The first-order chi connectivity index (χ1) is 11.4. The fourth-order valence-corrected chi connectivity index (χ4v) is 3.04. The second kappa shape index (κ2) is 6.30. The summed E-state index contributed by atoms with van der Waals surface area (Å²) in [5.74, 6) is -1.08. The number of rotatable bonds is 3. The highest BCUT2D eigenvalue weighted by Crippen LogP contribution is 2.32. The minimum Gasteiger partial charge on any atom is -0.476 e. The molecular weight excluding hydrogens is 347 g/mol. The third kappa shape index (κ3) is 2.90. The van der Waals surface area contributed by atoms with Gasteiger partial charge >= 0.3 is 5.97 Å². The average molecular weight is 361 g/mol. The van der Waals surface area contributed by atoms with Crippen LogP contribution in [-0.2, 0) is 0 Å². The molecule has 3 rings (SSSR count). The zero-order valence-corrected chi connectivity index (χ0v) is 14.6. The SMILES string of the molecule is Cc1ccc(-n2nc(C(=O)O)c(C)c2-c2ccc(Cl)cc2)c(Cl)c1. The molecule has 3 aromatic rings. The lowest BCUT2D eigenvalue weighted by Crippen LogP contribution is -2.03. The molecule has 0 unspecified atom stereocenters. The normalized spacial score (nSPS) is 10.8. The lowest BCUT2D eigenvalue weighted by molar-refractivity contribution is 0.0689. The lowest BCUT2D eigenvalue weighted by atomic mass is 10.1. The van der Waals surface area contributed by atoms with Crippen LogP contribution in [0, 0.1) is 13.8 Å². The first-order valence-electron chi connectivity index (χ1n) is 7.24. The van der Waals surface area contributed by atoms with E-state index in [1.165, 1.54) is 0 Å². The molecule has 0 bridgehead atoms. The van der Waals surface area contributed by atoms with Crippen molar-refractivity contribution >= 4 is 29.2 Å². The van der Waals surface area contributed by atoms with Gasteiger partial charge in [0.2, 0.25) is 0 Å². The maximum Gasteiger partial charge on any atom is 0.356 e. The first kappa shape index (κ1) is 16.6. The summed E-state index contributed by atoms with van der Waals surface area (Å²) in [7, 11) is 0. The Bertz CT molecular complexity index is 931. The Morgan fingerprint density at radius 2 is 1.75 bits per heavy atom. The minimum atomic E-state index is -1.08. The number of carboxylic acid groups (broad SMARTS) is 1. The summed E-state index contributed by atoms with van der Waals surface area (Å²) in [5.41, 5.74) is 3.70. The summed E-state index contributed by atoms with van der Waals surface area (Å²) in [6, 6.07) is 12.7. The molecule has 122 valence electrons.